The van der Waals surface area contributed by atoms with E-state index in [2.05, 4.69) is 19.2 Å². The fourth-order valence-electron chi connectivity index (χ4n) is 1.51. The lowest BCUT2D eigenvalue weighted by Gasteiger charge is -2.28. The van der Waals surface area contributed by atoms with E-state index in [1.54, 1.807) is 0 Å². The summed E-state index contributed by atoms with van der Waals surface area (Å²) in [5.74, 6) is 0.289. The van der Waals surface area contributed by atoms with Gasteiger partial charge in [0.1, 0.15) is 0 Å². The van der Waals surface area contributed by atoms with Gasteiger partial charge in [-0.15, -0.1) is 0 Å². The summed E-state index contributed by atoms with van der Waals surface area (Å²) in [5, 5.41) is 3.23. The maximum atomic E-state index is 11.5. The molecule has 12 heavy (non-hydrogen) atoms. The third-order valence-electron chi connectivity index (χ3n) is 2.21. The molecule has 0 unspecified atom stereocenters. The smallest absolute Gasteiger partial charge is 0.224 e. The van der Waals surface area contributed by atoms with Gasteiger partial charge in [0.25, 0.3) is 0 Å². The first kappa shape index (κ1) is 9.52. The molecule has 3 nitrogen and oxygen atoms in total. The van der Waals surface area contributed by atoms with Crippen LogP contribution < -0.4 is 5.32 Å². The lowest BCUT2D eigenvalue weighted by atomic mass is 10.2. The Bertz CT molecular complexity index is 157. The lowest BCUT2D eigenvalue weighted by Crippen LogP contribution is -2.42. The average molecular weight is 170 g/mol. The minimum atomic E-state index is 0.289. The molecule has 1 saturated heterocycles. The van der Waals surface area contributed by atoms with Gasteiger partial charge >= 0.3 is 0 Å². The van der Waals surface area contributed by atoms with Crippen molar-refractivity contribution in [1.82, 2.24) is 10.2 Å². The van der Waals surface area contributed by atoms with Gasteiger partial charge in [0, 0.05) is 25.6 Å². The van der Waals surface area contributed by atoms with Crippen molar-refractivity contribution in [3.8, 4) is 0 Å². The summed E-state index contributed by atoms with van der Waals surface area (Å²) in [6.07, 6.45) is 1.72. The summed E-state index contributed by atoms with van der Waals surface area (Å²) in [6, 6.07) is 0.357. The van der Waals surface area contributed by atoms with E-state index in [4.69, 9.17) is 0 Å². The highest BCUT2D eigenvalue weighted by Crippen LogP contribution is 2.04. The maximum absolute atomic E-state index is 11.5. The summed E-state index contributed by atoms with van der Waals surface area (Å²) in [6.45, 7) is 6.93. The average Bonchev–Trinajstić information content (AvgIpc) is 1.96. The van der Waals surface area contributed by atoms with Crippen molar-refractivity contribution in [3.63, 3.8) is 0 Å². The Hall–Kier alpha value is -0.570. The second-order valence-corrected chi connectivity index (χ2v) is 3.53. The van der Waals surface area contributed by atoms with Gasteiger partial charge in [-0.3, -0.25) is 4.79 Å². The second-order valence-electron chi connectivity index (χ2n) is 3.53. The Morgan fingerprint density at radius 2 is 2.17 bits per heavy atom. The molecule has 1 heterocycles. The van der Waals surface area contributed by atoms with Gasteiger partial charge < -0.3 is 10.2 Å². The fraction of sp³-hybridized carbons (Fsp3) is 0.889. The van der Waals surface area contributed by atoms with Gasteiger partial charge in [0.15, 0.2) is 0 Å². The molecule has 1 rings (SSSR count). The van der Waals surface area contributed by atoms with Crippen LogP contribution in [0.2, 0.25) is 0 Å². The number of hydrogen-bond donors (Lipinski definition) is 1. The third-order valence-corrected chi connectivity index (χ3v) is 2.21. The molecule has 1 aliphatic rings. The first-order chi connectivity index (χ1) is 5.72. The van der Waals surface area contributed by atoms with E-state index >= 15 is 0 Å². The lowest BCUT2D eigenvalue weighted by molar-refractivity contribution is -0.133. The zero-order valence-electron chi connectivity index (χ0n) is 7.97. The second kappa shape index (κ2) is 4.45. The van der Waals surface area contributed by atoms with Crippen LogP contribution in [0.3, 0.4) is 0 Å². The molecule has 0 saturated carbocycles. The van der Waals surface area contributed by atoms with Crippen molar-refractivity contribution in [2.75, 3.05) is 19.6 Å². The van der Waals surface area contributed by atoms with Gasteiger partial charge in [0.2, 0.25) is 5.91 Å². The monoisotopic (exact) mass is 170 g/mol. The van der Waals surface area contributed by atoms with E-state index in [9.17, 15) is 4.79 Å². The molecule has 0 spiro atoms. The van der Waals surface area contributed by atoms with E-state index in [1.165, 1.54) is 0 Å². The normalized spacial score (nSPS) is 20.9. The summed E-state index contributed by atoms with van der Waals surface area (Å²) < 4.78 is 0. The van der Waals surface area contributed by atoms with Crippen molar-refractivity contribution >= 4 is 5.91 Å². The molecule has 1 aliphatic heterocycles. The van der Waals surface area contributed by atoms with Gasteiger partial charge in [-0.1, -0.05) is 0 Å². The zero-order chi connectivity index (χ0) is 8.97. The molecule has 0 aliphatic carbocycles. The minimum Gasteiger partial charge on any atom is -0.340 e. The van der Waals surface area contributed by atoms with E-state index in [1.807, 2.05) is 4.90 Å². The Labute approximate surface area is 74.1 Å². The molecule has 0 bridgehead atoms. The van der Waals surface area contributed by atoms with Gasteiger partial charge in [-0.25, -0.2) is 0 Å². The van der Waals surface area contributed by atoms with E-state index in [0.29, 0.717) is 12.5 Å². The summed E-state index contributed by atoms with van der Waals surface area (Å²) >= 11 is 0. The molecule has 0 aromatic carbocycles. The molecule has 3 heteroatoms. The van der Waals surface area contributed by atoms with Crippen LogP contribution in [0.5, 0.6) is 0 Å². The Kier molecular flexibility index (Phi) is 3.53. The van der Waals surface area contributed by atoms with Crippen molar-refractivity contribution in [1.29, 1.82) is 0 Å². The van der Waals surface area contributed by atoms with Crippen LogP contribution in [0.15, 0.2) is 0 Å². The molecule has 0 radical (unpaired) electrons. The van der Waals surface area contributed by atoms with Crippen LogP contribution in [0.4, 0.5) is 0 Å². The van der Waals surface area contributed by atoms with E-state index in [-0.39, 0.29) is 5.91 Å². The Morgan fingerprint density at radius 3 is 2.83 bits per heavy atom. The quantitative estimate of drug-likeness (QED) is 0.625. The molecule has 0 aromatic rings. The van der Waals surface area contributed by atoms with Crippen molar-refractivity contribution in [2.24, 2.45) is 0 Å². The standard InChI is InChI=1S/C9H18N2O/c1-8(2)11-7-3-5-10-6-4-9(11)12/h8,10H,3-7H2,1-2H3. The summed E-state index contributed by atoms with van der Waals surface area (Å²) in [4.78, 5) is 13.5. The Balaban J connectivity index is 2.49. The summed E-state index contributed by atoms with van der Waals surface area (Å²) in [5.41, 5.74) is 0. The topological polar surface area (TPSA) is 32.3 Å². The van der Waals surface area contributed by atoms with Gasteiger partial charge in [-0.2, -0.15) is 0 Å². The molecular weight excluding hydrogens is 152 g/mol. The first-order valence-electron chi connectivity index (χ1n) is 4.72. The third kappa shape index (κ3) is 2.48. The number of carbonyl (C=O) groups excluding carboxylic acids is 1. The minimum absolute atomic E-state index is 0.289. The molecule has 1 fully saturated rings. The van der Waals surface area contributed by atoms with E-state index < -0.39 is 0 Å². The van der Waals surface area contributed by atoms with Crippen molar-refractivity contribution < 1.29 is 4.79 Å². The largest absolute Gasteiger partial charge is 0.340 e. The highest BCUT2D eigenvalue weighted by Gasteiger charge is 2.17. The van der Waals surface area contributed by atoms with Crippen molar-refractivity contribution in [3.05, 3.63) is 0 Å². The molecule has 1 amide bonds. The molecule has 0 aromatic heterocycles. The van der Waals surface area contributed by atoms with Crippen LogP contribution in [0, 0.1) is 0 Å². The molecule has 0 atom stereocenters. The van der Waals surface area contributed by atoms with Crippen LogP contribution in [-0.4, -0.2) is 36.5 Å². The van der Waals surface area contributed by atoms with Crippen LogP contribution in [0.25, 0.3) is 0 Å². The number of rotatable bonds is 1. The predicted molar refractivity (Wildman–Crippen MR) is 49.0 cm³/mol. The molecule has 1 N–H and O–H groups in total. The summed E-state index contributed by atoms with van der Waals surface area (Å²) in [7, 11) is 0. The highest BCUT2D eigenvalue weighted by molar-refractivity contribution is 5.76. The van der Waals surface area contributed by atoms with Gasteiger partial charge in [0.05, 0.1) is 0 Å². The van der Waals surface area contributed by atoms with Crippen LogP contribution in [0.1, 0.15) is 26.7 Å². The molecular formula is C9H18N2O. The molecule has 70 valence electrons. The highest BCUT2D eigenvalue weighted by atomic mass is 16.2. The number of nitrogens with zero attached hydrogens (tertiary/aromatic N) is 1. The van der Waals surface area contributed by atoms with Crippen molar-refractivity contribution in [2.45, 2.75) is 32.7 Å². The number of hydrogen-bond acceptors (Lipinski definition) is 2. The fourth-order valence-corrected chi connectivity index (χ4v) is 1.51. The zero-order valence-corrected chi connectivity index (χ0v) is 7.97. The van der Waals surface area contributed by atoms with E-state index in [0.717, 1.165) is 26.1 Å². The first-order valence-corrected chi connectivity index (χ1v) is 4.72. The number of amides is 1. The SMILES string of the molecule is CC(C)N1CCCNCCC1=O. The maximum Gasteiger partial charge on any atom is 0.224 e. The van der Waals surface area contributed by atoms with Crippen LogP contribution in [-0.2, 0) is 4.79 Å². The van der Waals surface area contributed by atoms with Crippen LogP contribution >= 0.6 is 0 Å². The number of carbonyl (C=O) groups is 1. The Morgan fingerprint density at radius 1 is 1.42 bits per heavy atom. The van der Waals surface area contributed by atoms with Gasteiger partial charge in [-0.05, 0) is 26.8 Å². The predicted octanol–water partition coefficient (Wildman–Crippen LogP) is 0.607. The number of nitrogens with one attached hydrogen (secondary N) is 1.